The Morgan fingerprint density at radius 2 is 1.76 bits per heavy atom. The zero-order chi connectivity index (χ0) is 16.4. The first-order valence-electron chi connectivity index (χ1n) is 7.12. The molecule has 1 unspecified atom stereocenters. The van der Waals surface area contributed by atoms with E-state index in [0.29, 0.717) is 13.1 Å². The van der Waals surface area contributed by atoms with Gasteiger partial charge in [0.2, 0.25) is 5.91 Å². The average Bonchev–Trinajstić information content (AvgIpc) is 2.20. The molecule has 1 heterocycles. The number of ether oxygens (including phenoxy) is 1. The van der Waals surface area contributed by atoms with E-state index in [0.717, 1.165) is 0 Å². The molecule has 2 amide bonds. The minimum atomic E-state index is -0.674. The molecule has 118 valence electrons. The van der Waals surface area contributed by atoms with E-state index in [-0.39, 0.29) is 11.8 Å². The number of nitriles is 1. The van der Waals surface area contributed by atoms with Gasteiger partial charge in [0.1, 0.15) is 11.6 Å². The number of nitrogens with one attached hydrogen (secondary N) is 1. The normalized spacial score (nSPS) is 17.5. The minimum Gasteiger partial charge on any atom is -0.444 e. The molecule has 0 saturated carbocycles. The summed E-state index contributed by atoms with van der Waals surface area (Å²) in [7, 11) is 0. The number of hydrogen-bond acceptors (Lipinski definition) is 4. The molecule has 0 bridgehead atoms. The van der Waals surface area contributed by atoms with Crippen LogP contribution < -0.4 is 5.32 Å². The first-order chi connectivity index (χ1) is 9.44. The molecule has 1 fully saturated rings. The molecule has 0 spiro atoms. The van der Waals surface area contributed by atoms with Crippen molar-refractivity contribution in [2.24, 2.45) is 11.3 Å². The van der Waals surface area contributed by atoms with Gasteiger partial charge in [-0.2, -0.15) is 5.26 Å². The van der Waals surface area contributed by atoms with Crippen LogP contribution in [0.15, 0.2) is 0 Å². The SMILES string of the molecule is CC(C)(C)OC(=O)NC(C(=O)N1CC(C#N)C1)C(C)(C)C. The standard InChI is InChI=1S/C15H25N3O3/c1-14(2,3)11(17-13(20)21-15(4,5)6)12(19)18-8-10(7-16)9-18/h10-11H,8-9H2,1-6H3,(H,17,20). The van der Waals surface area contributed by atoms with Gasteiger partial charge < -0.3 is 15.0 Å². The maximum Gasteiger partial charge on any atom is 0.408 e. The highest BCUT2D eigenvalue weighted by atomic mass is 16.6. The molecule has 0 radical (unpaired) electrons. The van der Waals surface area contributed by atoms with Crippen molar-refractivity contribution in [3.63, 3.8) is 0 Å². The number of likely N-dealkylation sites (tertiary alicyclic amines) is 1. The molecule has 0 aliphatic carbocycles. The van der Waals surface area contributed by atoms with Crippen LogP contribution in [-0.2, 0) is 9.53 Å². The number of carbonyl (C=O) groups is 2. The van der Waals surface area contributed by atoms with E-state index in [9.17, 15) is 9.59 Å². The number of rotatable bonds is 2. The van der Waals surface area contributed by atoms with Crippen molar-refractivity contribution >= 4 is 12.0 Å². The van der Waals surface area contributed by atoms with Crippen molar-refractivity contribution in [3.8, 4) is 6.07 Å². The van der Waals surface area contributed by atoms with Gasteiger partial charge in [-0.1, -0.05) is 20.8 Å². The molecule has 0 aromatic carbocycles. The lowest BCUT2D eigenvalue weighted by Gasteiger charge is -2.41. The van der Waals surface area contributed by atoms with Crippen LogP contribution in [0, 0.1) is 22.7 Å². The highest BCUT2D eigenvalue weighted by Crippen LogP contribution is 2.25. The highest BCUT2D eigenvalue weighted by molar-refractivity contribution is 5.87. The van der Waals surface area contributed by atoms with Gasteiger partial charge in [-0.3, -0.25) is 4.79 Å². The Hall–Kier alpha value is -1.77. The third-order valence-electron chi connectivity index (χ3n) is 3.15. The number of carbonyl (C=O) groups excluding carboxylic acids is 2. The van der Waals surface area contributed by atoms with Gasteiger partial charge >= 0.3 is 6.09 Å². The second-order valence-corrected chi connectivity index (χ2v) is 7.51. The van der Waals surface area contributed by atoms with Crippen LogP contribution >= 0.6 is 0 Å². The first kappa shape index (κ1) is 17.3. The smallest absolute Gasteiger partial charge is 0.408 e. The van der Waals surface area contributed by atoms with Gasteiger partial charge in [0.25, 0.3) is 0 Å². The summed E-state index contributed by atoms with van der Waals surface area (Å²) >= 11 is 0. The maximum absolute atomic E-state index is 12.5. The zero-order valence-corrected chi connectivity index (χ0v) is 13.7. The van der Waals surface area contributed by atoms with E-state index in [1.165, 1.54) is 0 Å². The van der Waals surface area contributed by atoms with Crippen molar-refractivity contribution in [2.75, 3.05) is 13.1 Å². The molecule has 1 aliphatic rings. The molecule has 1 saturated heterocycles. The summed E-state index contributed by atoms with van der Waals surface area (Å²) in [6.45, 7) is 11.8. The fraction of sp³-hybridized carbons (Fsp3) is 0.800. The van der Waals surface area contributed by atoms with Gasteiger partial charge in [0, 0.05) is 13.1 Å². The molecular weight excluding hydrogens is 270 g/mol. The van der Waals surface area contributed by atoms with Gasteiger partial charge in [-0.25, -0.2) is 4.79 Å². The Labute approximate surface area is 126 Å². The predicted molar refractivity (Wildman–Crippen MR) is 78.3 cm³/mol. The quantitative estimate of drug-likeness (QED) is 0.843. The Morgan fingerprint density at radius 3 is 2.14 bits per heavy atom. The van der Waals surface area contributed by atoms with Crippen molar-refractivity contribution in [3.05, 3.63) is 0 Å². The molecule has 6 heteroatoms. The van der Waals surface area contributed by atoms with Gasteiger partial charge in [-0.05, 0) is 26.2 Å². The number of hydrogen-bond donors (Lipinski definition) is 1. The third kappa shape index (κ3) is 4.92. The Bertz CT molecular complexity index is 448. The number of amides is 2. The van der Waals surface area contributed by atoms with E-state index in [4.69, 9.17) is 10.00 Å². The van der Waals surface area contributed by atoms with E-state index < -0.39 is 23.2 Å². The molecule has 1 atom stereocenters. The van der Waals surface area contributed by atoms with Crippen LogP contribution in [-0.4, -0.2) is 41.6 Å². The first-order valence-corrected chi connectivity index (χ1v) is 7.12. The van der Waals surface area contributed by atoms with Crippen LogP contribution in [0.25, 0.3) is 0 Å². The second-order valence-electron chi connectivity index (χ2n) is 7.51. The molecule has 1 N–H and O–H groups in total. The summed E-state index contributed by atoms with van der Waals surface area (Å²) in [5.74, 6) is -0.268. The zero-order valence-electron chi connectivity index (χ0n) is 13.7. The Kier molecular flexibility index (Phi) is 4.87. The Morgan fingerprint density at radius 1 is 1.24 bits per heavy atom. The summed E-state index contributed by atoms with van der Waals surface area (Å²) in [5.41, 5.74) is -1.05. The van der Waals surface area contributed by atoms with Gasteiger partial charge in [-0.15, -0.1) is 0 Å². The summed E-state index contributed by atoms with van der Waals surface area (Å²) in [4.78, 5) is 26.0. The summed E-state index contributed by atoms with van der Waals surface area (Å²) < 4.78 is 5.21. The molecular formula is C15H25N3O3. The van der Waals surface area contributed by atoms with Crippen LogP contribution in [0.4, 0.5) is 4.79 Å². The van der Waals surface area contributed by atoms with Crippen molar-refractivity contribution in [2.45, 2.75) is 53.2 Å². The van der Waals surface area contributed by atoms with Crippen LogP contribution in [0.5, 0.6) is 0 Å². The fourth-order valence-electron chi connectivity index (χ4n) is 2.00. The molecule has 1 aliphatic heterocycles. The largest absolute Gasteiger partial charge is 0.444 e. The lowest BCUT2D eigenvalue weighted by molar-refractivity contribution is -0.141. The third-order valence-corrected chi connectivity index (χ3v) is 3.15. The Balaban J connectivity index is 2.72. The fourth-order valence-corrected chi connectivity index (χ4v) is 2.00. The van der Waals surface area contributed by atoms with E-state index in [1.54, 1.807) is 25.7 Å². The monoisotopic (exact) mass is 295 g/mol. The van der Waals surface area contributed by atoms with Crippen molar-refractivity contribution in [1.82, 2.24) is 10.2 Å². The topological polar surface area (TPSA) is 82.4 Å². The average molecular weight is 295 g/mol. The van der Waals surface area contributed by atoms with Crippen molar-refractivity contribution in [1.29, 1.82) is 5.26 Å². The molecule has 6 nitrogen and oxygen atoms in total. The van der Waals surface area contributed by atoms with Crippen LogP contribution in [0.3, 0.4) is 0 Å². The molecule has 21 heavy (non-hydrogen) atoms. The van der Waals surface area contributed by atoms with Crippen molar-refractivity contribution < 1.29 is 14.3 Å². The molecule has 1 rings (SSSR count). The minimum absolute atomic E-state index is 0.101. The van der Waals surface area contributed by atoms with E-state index in [1.807, 2.05) is 20.8 Å². The maximum atomic E-state index is 12.5. The second kappa shape index (κ2) is 5.92. The van der Waals surface area contributed by atoms with Crippen LogP contribution in [0.1, 0.15) is 41.5 Å². The van der Waals surface area contributed by atoms with E-state index >= 15 is 0 Å². The lowest BCUT2D eigenvalue weighted by Crippen LogP contribution is -2.60. The highest BCUT2D eigenvalue weighted by Gasteiger charge is 2.40. The molecule has 0 aromatic rings. The predicted octanol–water partition coefficient (Wildman–Crippen LogP) is 1.91. The molecule has 0 aromatic heterocycles. The number of nitrogens with zero attached hydrogens (tertiary/aromatic N) is 2. The van der Waals surface area contributed by atoms with Gasteiger partial charge in [0.05, 0.1) is 12.0 Å². The summed E-state index contributed by atoms with van der Waals surface area (Å²) in [6, 6.07) is 1.46. The summed E-state index contributed by atoms with van der Waals surface area (Å²) in [6.07, 6.45) is -0.604. The number of alkyl carbamates (subject to hydrolysis) is 1. The van der Waals surface area contributed by atoms with E-state index in [2.05, 4.69) is 11.4 Å². The van der Waals surface area contributed by atoms with Gasteiger partial charge in [0.15, 0.2) is 0 Å². The summed E-state index contributed by atoms with van der Waals surface area (Å²) in [5, 5.41) is 11.4. The van der Waals surface area contributed by atoms with Crippen LogP contribution in [0.2, 0.25) is 0 Å². The lowest BCUT2D eigenvalue weighted by atomic mass is 9.84.